The zero-order valence-corrected chi connectivity index (χ0v) is 10.3. The summed E-state index contributed by atoms with van der Waals surface area (Å²) in [5.41, 5.74) is 0. The lowest BCUT2D eigenvalue weighted by atomic mass is 9.90. The van der Waals surface area contributed by atoms with Crippen molar-refractivity contribution in [2.45, 2.75) is 75.2 Å². The van der Waals surface area contributed by atoms with Crippen LogP contribution < -0.4 is 0 Å². The van der Waals surface area contributed by atoms with Crippen LogP contribution in [0.2, 0.25) is 0 Å². The van der Waals surface area contributed by atoms with Gasteiger partial charge >= 0.3 is 0 Å². The van der Waals surface area contributed by atoms with E-state index in [0.717, 1.165) is 16.4 Å². The summed E-state index contributed by atoms with van der Waals surface area (Å²) in [5, 5.41) is 2.03. The van der Waals surface area contributed by atoms with E-state index in [1.54, 1.807) is 0 Å². The molecule has 0 N–H and O–H groups in total. The van der Waals surface area contributed by atoms with Crippen molar-refractivity contribution in [1.29, 1.82) is 0 Å². The maximum absolute atomic E-state index is 2.47. The average molecular weight is 212 g/mol. The summed E-state index contributed by atoms with van der Waals surface area (Å²) < 4.78 is 0. The van der Waals surface area contributed by atoms with Crippen molar-refractivity contribution < 1.29 is 0 Å². The molecule has 2 atom stereocenters. The molecule has 0 heterocycles. The van der Waals surface area contributed by atoms with E-state index in [9.17, 15) is 0 Å². The molecule has 0 saturated heterocycles. The first-order valence-corrected chi connectivity index (χ1v) is 7.46. The van der Waals surface area contributed by atoms with Crippen LogP contribution in [0, 0.1) is 5.92 Å². The van der Waals surface area contributed by atoms with E-state index in [4.69, 9.17) is 0 Å². The van der Waals surface area contributed by atoms with E-state index in [1.165, 1.54) is 57.8 Å². The maximum atomic E-state index is 2.47. The molecule has 82 valence electrons. The quantitative estimate of drug-likeness (QED) is 0.643. The van der Waals surface area contributed by atoms with E-state index in [-0.39, 0.29) is 0 Å². The van der Waals surface area contributed by atoms with Gasteiger partial charge in [0, 0.05) is 10.5 Å². The molecule has 0 aromatic heterocycles. The molecule has 2 unspecified atom stereocenters. The largest absolute Gasteiger partial charge is 0.155 e. The normalized spacial score (nSPS) is 35.8. The van der Waals surface area contributed by atoms with Crippen LogP contribution in [0.5, 0.6) is 0 Å². The second kappa shape index (κ2) is 5.44. The van der Waals surface area contributed by atoms with Gasteiger partial charge in [0.2, 0.25) is 0 Å². The fourth-order valence-corrected chi connectivity index (χ4v) is 4.74. The third-order valence-corrected chi connectivity index (χ3v) is 5.86. The van der Waals surface area contributed by atoms with E-state index >= 15 is 0 Å². The average Bonchev–Trinajstić information content (AvgIpc) is 2.23. The van der Waals surface area contributed by atoms with Gasteiger partial charge in [0.15, 0.2) is 0 Å². The van der Waals surface area contributed by atoms with Gasteiger partial charge in [-0.05, 0) is 31.6 Å². The monoisotopic (exact) mass is 212 g/mol. The minimum absolute atomic E-state index is 0.996. The lowest BCUT2D eigenvalue weighted by Crippen LogP contribution is -2.23. The second-order valence-electron chi connectivity index (χ2n) is 5.20. The van der Waals surface area contributed by atoms with Gasteiger partial charge in [0.1, 0.15) is 0 Å². The highest BCUT2D eigenvalue weighted by atomic mass is 32.2. The Morgan fingerprint density at radius 1 is 0.786 bits per heavy atom. The highest BCUT2D eigenvalue weighted by Gasteiger charge is 2.25. The van der Waals surface area contributed by atoms with Gasteiger partial charge in [-0.25, -0.2) is 0 Å². The van der Waals surface area contributed by atoms with Crippen molar-refractivity contribution in [3.8, 4) is 0 Å². The second-order valence-corrected chi connectivity index (χ2v) is 6.74. The Hall–Kier alpha value is 0.350. The molecule has 0 aliphatic heterocycles. The van der Waals surface area contributed by atoms with Crippen molar-refractivity contribution >= 4 is 11.8 Å². The minimum Gasteiger partial charge on any atom is -0.155 e. The molecule has 0 aromatic rings. The van der Waals surface area contributed by atoms with Crippen molar-refractivity contribution in [2.24, 2.45) is 5.92 Å². The summed E-state index contributed by atoms with van der Waals surface area (Å²) in [6.45, 7) is 2.47. The molecule has 0 bridgehead atoms. The Labute approximate surface area is 93.2 Å². The topological polar surface area (TPSA) is 0 Å². The summed E-state index contributed by atoms with van der Waals surface area (Å²) in [6.07, 6.45) is 13.5. The third kappa shape index (κ3) is 2.92. The maximum Gasteiger partial charge on any atom is 0.00754 e. The number of hydrogen-bond donors (Lipinski definition) is 0. The van der Waals surface area contributed by atoms with Crippen molar-refractivity contribution in [1.82, 2.24) is 0 Å². The number of hydrogen-bond acceptors (Lipinski definition) is 1. The molecule has 2 aliphatic carbocycles. The van der Waals surface area contributed by atoms with E-state index in [0.29, 0.717) is 0 Å². The lowest BCUT2D eigenvalue weighted by molar-refractivity contribution is 0.394. The molecule has 2 fully saturated rings. The first-order chi connectivity index (χ1) is 6.86. The van der Waals surface area contributed by atoms with Crippen LogP contribution in [0.4, 0.5) is 0 Å². The predicted octanol–water partition coefficient (Wildman–Crippen LogP) is 4.63. The zero-order valence-electron chi connectivity index (χ0n) is 9.50. The molecule has 0 aromatic carbocycles. The van der Waals surface area contributed by atoms with Gasteiger partial charge in [-0.1, -0.05) is 39.0 Å². The van der Waals surface area contributed by atoms with Gasteiger partial charge < -0.3 is 0 Å². The number of rotatable bonds is 2. The first-order valence-electron chi connectivity index (χ1n) is 6.52. The number of thioether (sulfide) groups is 1. The summed E-state index contributed by atoms with van der Waals surface area (Å²) in [7, 11) is 0. The Morgan fingerprint density at radius 3 is 2.14 bits per heavy atom. The molecule has 2 rings (SSSR count). The van der Waals surface area contributed by atoms with Crippen LogP contribution in [-0.4, -0.2) is 10.5 Å². The summed E-state index contributed by atoms with van der Waals surface area (Å²) >= 11 is 2.35. The molecular weight excluding hydrogens is 188 g/mol. The molecule has 0 amide bonds. The molecule has 14 heavy (non-hydrogen) atoms. The van der Waals surface area contributed by atoms with Crippen molar-refractivity contribution in [3.63, 3.8) is 0 Å². The Balaban J connectivity index is 1.76. The molecule has 1 heteroatoms. The van der Waals surface area contributed by atoms with Crippen LogP contribution >= 0.6 is 11.8 Å². The SMILES string of the molecule is CC1CCCCC1SC1CCCCC1. The molecular formula is C13H24S. The smallest absolute Gasteiger partial charge is 0.00754 e. The Morgan fingerprint density at radius 2 is 1.43 bits per heavy atom. The van der Waals surface area contributed by atoms with Gasteiger partial charge in [-0.3, -0.25) is 0 Å². The van der Waals surface area contributed by atoms with Crippen LogP contribution in [0.1, 0.15) is 64.7 Å². The minimum atomic E-state index is 0.996. The Kier molecular flexibility index (Phi) is 4.22. The van der Waals surface area contributed by atoms with Gasteiger partial charge in [0.25, 0.3) is 0 Å². The van der Waals surface area contributed by atoms with Crippen LogP contribution in [0.3, 0.4) is 0 Å². The van der Waals surface area contributed by atoms with Crippen LogP contribution in [-0.2, 0) is 0 Å². The van der Waals surface area contributed by atoms with Crippen LogP contribution in [0.25, 0.3) is 0 Å². The molecule has 0 spiro atoms. The van der Waals surface area contributed by atoms with Gasteiger partial charge in [0.05, 0.1) is 0 Å². The van der Waals surface area contributed by atoms with Gasteiger partial charge in [-0.2, -0.15) is 11.8 Å². The fourth-order valence-electron chi connectivity index (χ4n) is 2.93. The van der Waals surface area contributed by atoms with E-state index in [1.807, 2.05) is 0 Å². The van der Waals surface area contributed by atoms with E-state index < -0.39 is 0 Å². The zero-order chi connectivity index (χ0) is 9.80. The summed E-state index contributed by atoms with van der Waals surface area (Å²) in [5.74, 6) is 0.996. The fraction of sp³-hybridized carbons (Fsp3) is 1.00. The van der Waals surface area contributed by atoms with Gasteiger partial charge in [-0.15, -0.1) is 0 Å². The van der Waals surface area contributed by atoms with E-state index in [2.05, 4.69) is 18.7 Å². The Bertz CT molecular complexity index is 161. The van der Waals surface area contributed by atoms with Crippen molar-refractivity contribution in [2.75, 3.05) is 0 Å². The highest BCUT2D eigenvalue weighted by molar-refractivity contribution is 8.00. The first kappa shape index (κ1) is 10.9. The summed E-state index contributed by atoms with van der Waals surface area (Å²) in [6, 6.07) is 0. The lowest BCUT2D eigenvalue weighted by Gasteiger charge is -2.32. The third-order valence-electron chi connectivity index (χ3n) is 3.95. The standard InChI is InChI=1S/C13H24S/c1-11-7-5-6-10-13(11)14-12-8-3-2-4-9-12/h11-13H,2-10H2,1H3. The van der Waals surface area contributed by atoms with Crippen molar-refractivity contribution in [3.05, 3.63) is 0 Å². The summed E-state index contributed by atoms with van der Waals surface area (Å²) in [4.78, 5) is 0. The molecule has 0 radical (unpaired) electrons. The molecule has 2 saturated carbocycles. The molecule has 2 aliphatic rings. The molecule has 0 nitrogen and oxygen atoms in total. The predicted molar refractivity (Wildman–Crippen MR) is 65.9 cm³/mol. The van der Waals surface area contributed by atoms with Crippen LogP contribution in [0.15, 0.2) is 0 Å². The highest BCUT2D eigenvalue weighted by Crippen LogP contribution is 2.39.